The Morgan fingerprint density at radius 1 is 0.964 bits per heavy atom. The topological polar surface area (TPSA) is 72.5 Å². The second kappa shape index (κ2) is 7.60. The number of hydrogen-bond acceptors (Lipinski definition) is 5. The van der Waals surface area contributed by atoms with E-state index in [0.717, 1.165) is 11.3 Å². The highest BCUT2D eigenvalue weighted by atomic mass is 16.6. The Hall–Kier alpha value is -3.54. The number of anilines is 3. The van der Waals surface area contributed by atoms with Crippen molar-refractivity contribution in [3.8, 4) is 11.5 Å². The minimum Gasteiger partial charge on any atom is -0.486 e. The van der Waals surface area contributed by atoms with Crippen LogP contribution in [0.2, 0.25) is 0 Å². The van der Waals surface area contributed by atoms with Gasteiger partial charge in [0.05, 0.1) is 5.56 Å². The monoisotopic (exact) mass is 375 g/mol. The van der Waals surface area contributed by atoms with Gasteiger partial charge in [0.25, 0.3) is 5.91 Å². The minimum absolute atomic E-state index is 0.234. The number of carbonyl (C=O) groups excluding carboxylic acids is 1. The lowest BCUT2D eigenvalue weighted by Gasteiger charge is -2.19. The number of aromatic nitrogens is 1. The number of nitrogens with one attached hydrogen (secondary N) is 2. The highest BCUT2D eigenvalue weighted by molar-refractivity contribution is 6.04. The summed E-state index contributed by atoms with van der Waals surface area (Å²) in [5.74, 6) is 1.77. The van der Waals surface area contributed by atoms with E-state index in [1.807, 2.05) is 19.1 Å². The van der Waals surface area contributed by atoms with Crippen molar-refractivity contribution >= 4 is 23.1 Å². The van der Waals surface area contributed by atoms with Crippen LogP contribution in [0.1, 0.15) is 21.5 Å². The summed E-state index contributed by atoms with van der Waals surface area (Å²) in [5.41, 5.74) is 4.46. The summed E-state index contributed by atoms with van der Waals surface area (Å²) in [5, 5.41) is 6.13. The molecule has 2 heterocycles. The van der Waals surface area contributed by atoms with Gasteiger partial charge in [-0.25, -0.2) is 4.98 Å². The summed E-state index contributed by atoms with van der Waals surface area (Å²) in [6.07, 6.45) is 1.55. The van der Waals surface area contributed by atoms with Crippen LogP contribution in [0, 0.1) is 13.8 Å². The molecule has 2 N–H and O–H groups in total. The Labute approximate surface area is 163 Å². The van der Waals surface area contributed by atoms with E-state index in [1.165, 1.54) is 5.56 Å². The van der Waals surface area contributed by atoms with Gasteiger partial charge in [-0.1, -0.05) is 17.7 Å². The number of aryl methyl sites for hydroxylation is 2. The molecule has 2 aromatic carbocycles. The molecule has 6 heteroatoms. The molecule has 0 fully saturated rings. The number of amides is 1. The van der Waals surface area contributed by atoms with Crippen molar-refractivity contribution in [2.45, 2.75) is 13.8 Å². The van der Waals surface area contributed by atoms with Crippen LogP contribution in [0.25, 0.3) is 0 Å². The normalized spacial score (nSPS) is 12.4. The summed E-state index contributed by atoms with van der Waals surface area (Å²) in [4.78, 5) is 16.9. The van der Waals surface area contributed by atoms with Gasteiger partial charge < -0.3 is 20.1 Å². The molecule has 0 saturated carbocycles. The van der Waals surface area contributed by atoms with E-state index in [1.54, 1.807) is 36.5 Å². The Morgan fingerprint density at radius 2 is 1.79 bits per heavy atom. The molecule has 0 bridgehead atoms. The van der Waals surface area contributed by atoms with Crippen LogP contribution in [0.3, 0.4) is 0 Å². The molecule has 0 unspecified atom stereocenters. The molecule has 1 aliphatic heterocycles. The van der Waals surface area contributed by atoms with Gasteiger partial charge in [-0.05, 0) is 49.7 Å². The number of rotatable bonds is 4. The number of benzene rings is 2. The standard InChI is InChI=1S/C22H21N3O3/c1-14-3-6-18(15(2)11-14)25-21-8-4-16(13-23-21)22(26)24-17-5-7-19-20(12-17)28-10-9-27-19/h3-8,11-13H,9-10H2,1-2H3,(H,23,25)(H,24,26). The molecule has 0 spiro atoms. The molecule has 0 atom stereocenters. The summed E-state index contributed by atoms with van der Waals surface area (Å²) in [7, 11) is 0. The smallest absolute Gasteiger partial charge is 0.257 e. The molecule has 0 radical (unpaired) electrons. The van der Waals surface area contributed by atoms with Gasteiger partial charge >= 0.3 is 0 Å². The average Bonchev–Trinajstić information content (AvgIpc) is 2.70. The molecular weight excluding hydrogens is 354 g/mol. The van der Waals surface area contributed by atoms with Gasteiger partial charge in [0.2, 0.25) is 0 Å². The zero-order valence-electron chi connectivity index (χ0n) is 15.8. The highest BCUT2D eigenvalue weighted by Crippen LogP contribution is 2.32. The molecule has 3 aromatic rings. The third-order valence-corrected chi connectivity index (χ3v) is 4.47. The molecule has 1 aliphatic rings. The number of ether oxygens (including phenoxy) is 2. The van der Waals surface area contributed by atoms with Crippen molar-refractivity contribution in [1.29, 1.82) is 0 Å². The Kier molecular flexibility index (Phi) is 4.85. The molecule has 1 amide bonds. The predicted molar refractivity (Wildman–Crippen MR) is 109 cm³/mol. The number of carbonyl (C=O) groups is 1. The summed E-state index contributed by atoms with van der Waals surface area (Å²) >= 11 is 0. The van der Waals surface area contributed by atoms with Gasteiger partial charge in [-0.3, -0.25) is 4.79 Å². The van der Waals surface area contributed by atoms with Crippen molar-refractivity contribution in [3.05, 3.63) is 71.4 Å². The SMILES string of the molecule is Cc1ccc(Nc2ccc(C(=O)Nc3ccc4c(c3)OCCO4)cn2)c(C)c1. The van der Waals surface area contributed by atoms with Gasteiger partial charge in [-0.15, -0.1) is 0 Å². The summed E-state index contributed by atoms with van der Waals surface area (Å²) < 4.78 is 11.0. The minimum atomic E-state index is -0.234. The van der Waals surface area contributed by atoms with Gasteiger partial charge in [0.15, 0.2) is 11.5 Å². The maximum absolute atomic E-state index is 12.5. The number of nitrogens with zero attached hydrogens (tertiary/aromatic N) is 1. The molecule has 4 rings (SSSR count). The Morgan fingerprint density at radius 3 is 2.54 bits per heavy atom. The first kappa shape index (κ1) is 17.9. The number of pyridine rings is 1. The molecular formula is C22H21N3O3. The second-order valence-corrected chi connectivity index (χ2v) is 6.69. The van der Waals surface area contributed by atoms with Gasteiger partial charge in [0.1, 0.15) is 19.0 Å². The lowest BCUT2D eigenvalue weighted by Crippen LogP contribution is -2.16. The van der Waals surface area contributed by atoms with Crippen molar-refractivity contribution in [2.75, 3.05) is 23.8 Å². The van der Waals surface area contributed by atoms with Crippen LogP contribution < -0.4 is 20.1 Å². The van der Waals surface area contributed by atoms with Crippen molar-refractivity contribution in [2.24, 2.45) is 0 Å². The molecule has 142 valence electrons. The fraction of sp³-hybridized carbons (Fsp3) is 0.182. The molecule has 28 heavy (non-hydrogen) atoms. The quantitative estimate of drug-likeness (QED) is 0.704. The van der Waals surface area contributed by atoms with Crippen LogP contribution in [-0.2, 0) is 0 Å². The second-order valence-electron chi connectivity index (χ2n) is 6.69. The van der Waals surface area contributed by atoms with Crippen LogP contribution >= 0.6 is 0 Å². The van der Waals surface area contributed by atoms with Gasteiger partial charge in [-0.2, -0.15) is 0 Å². The highest BCUT2D eigenvalue weighted by Gasteiger charge is 2.13. The van der Waals surface area contributed by atoms with E-state index < -0.39 is 0 Å². The average molecular weight is 375 g/mol. The zero-order chi connectivity index (χ0) is 19.5. The molecule has 6 nitrogen and oxygen atoms in total. The van der Waals surface area contributed by atoms with Crippen LogP contribution in [0.4, 0.5) is 17.2 Å². The largest absolute Gasteiger partial charge is 0.486 e. The van der Waals surface area contributed by atoms with Crippen molar-refractivity contribution in [1.82, 2.24) is 4.98 Å². The van der Waals surface area contributed by atoms with E-state index in [9.17, 15) is 4.79 Å². The summed E-state index contributed by atoms with van der Waals surface area (Å²) in [6, 6.07) is 15.0. The molecule has 1 aromatic heterocycles. The lowest BCUT2D eigenvalue weighted by atomic mass is 10.1. The molecule has 0 aliphatic carbocycles. The van der Waals surface area contributed by atoms with Gasteiger partial charge in [0, 0.05) is 23.6 Å². The third-order valence-electron chi connectivity index (χ3n) is 4.47. The number of fused-ring (bicyclic) bond motifs is 1. The van der Waals surface area contributed by atoms with Crippen LogP contribution in [0.5, 0.6) is 11.5 Å². The third kappa shape index (κ3) is 3.91. The Bertz CT molecular complexity index is 1020. The van der Waals surface area contributed by atoms with Crippen LogP contribution in [-0.4, -0.2) is 24.1 Å². The zero-order valence-corrected chi connectivity index (χ0v) is 15.8. The predicted octanol–water partition coefficient (Wildman–Crippen LogP) is 4.47. The summed E-state index contributed by atoms with van der Waals surface area (Å²) in [6.45, 7) is 5.14. The van der Waals surface area contributed by atoms with Crippen molar-refractivity contribution < 1.29 is 14.3 Å². The maximum atomic E-state index is 12.5. The van der Waals surface area contributed by atoms with E-state index >= 15 is 0 Å². The lowest BCUT2D eigenvalue weighted by molar-refractivity contribution is 0.102. The number of hydrogen-bond donors (Lipinski definition) is 2. The van der Waals surface area contributed by atoms with Crippen LogP contribution in [0.15, 0.2) is 54.7 Å². The first-order valence-corrected chi connectivity index (χ1v) is 9.10. The van der Waals surface area contributed by atoms with E-state index in [-0.39, 0.29) is 5.91 Å². The first-order valence-electron chi connectivity index (χ1n) is 9.10. The maximum Gasteiger partial charge on any atom is 0.257 e. The molecule has 0 saturated heterocycles. The van der Waals surface area contributed by atoms with E-state index in [2.05, 4.69) is 28.6 Å². The van der Waals surface area contributed by atoms with E-state index in [0.29, 0.717) is 41.8 Å². The van der Waals surface area contributed by atoms with Crippen molar-refractivity contribution in [3.63, 3.8) is 0 Å². The fourth-order valence-corrected chi connectivity index (χ4v) is 3.02. The Balaban J connectivity index is 1.44. The fourth-order valence-electron chi connectivity index (χ4n) is 3.02. The first-order chi connectivity index (χ1) is 13.6. The van der Waals surface area contributed by atoms with E-state index in [4.69, 9.17) is 9.47 Å².